The average molecular weight is 393 g/mol. The van der Waals surface area contributed by atoms with E-state index in [2.05, 4.69) is 5.32 Å². The Labute approximate surface area is 161 Å². The van der Waals surface area contributed by atoms with E-state index in [1.54, 1.807) is 36.2 Å². The summed E-state index contributed by atoms with van der Waals surface area (Å²) < 4.78 is 5.72. The number of aryl methyl sites for hydroxylation is 1. The molecule has 0 bridgehead atoms. The fraction of sp³-hybridized carbons (Fsp3) is 0.263. The Morgan fingerprint density at radius 3 is 2.73 bits per heavy atom. The van der Waals surface area contributed by atoms with Crippen LogP contribution in [0.25, 0.3) is 0 Å². The van der Waals surface area contributed by atoms with Crippen LogP contribution in [0.1, 0.15) is 12.0 Å². The molecule has 26 heavy (non-hydrogen) atoms. The van der Waals surface area contributed by atoms with E-state index in [-0.39, 0.29) is 24.8 Å². The summed E-state index contributed by atoms with van der Waals surface area (Å²) in [5, 5.41) is 3.66. The van der Waals surface area contributed by atoms with Crippen LogP contribution in [0.2, 0.25) is 10.0 Å². The first-order valence-electron chi connectivity index (χ1n) is 8.21. The van der Waals surface area contributed by atoms with Crippen molar-refractivity contribution in [2.75, 3.05) is 18.5 Å². The zero-order valence-corrected chi connectivity index (χ0v) is 15.7. The lowest BCUT2D eigenvalue weighted by Crippen LogP contribution is -2.50. The van der Waals surface area contributed by atoms with Crippen LogP contribution in [0, 0.1) is 0 Å². The quantitative estimate of drug-likeness (QED) is 0.866. The van der Waals surface area contributed by atoms with Crippen molar-refractivity contribution in [1.82, 2.24) is 5.32 Å². The first-order chi connectivity index (χ1) is 12.5. The Morgan fingerprint density at radius 1 is 1.23 bits per heavy atom. The molecule has 0 aromatic heterocycles. The van der Waals surface area contributed by atoms with E-state index in [0.29, 0.717) is 27.9 Å². The maximum Gasteiger partial charge on any atom is 0.262 e. The number of benzene rings is 2. The van der Waals surface area contributed by atoms with Crippen molar-refractivity contribution in [2.45, 2.75) is 18.9 Å². The van der Waals surface area contributed by atoms with Crippen molar-refractivity contribution in [1.29, 1.82) is 0 Å². The molecular weight excluding hydrogens is 375 g/mol. The Hall–Kier alpha value is -2.24. The molecule has 0 saturated carbocycles. The average Bonchev–Trinajstić information content (AvgIpc) is 2.65. The number of hydrogen-bond acceptors (Lipinski definition) is 3. The molecule has 0 spiro atoms. The lowest BCUT2D eigenvalue weighted by molar-refractivity contribution is -0.127. The van der Waals surface area contributed by atoms with Gasteiger partial charge in [-0.05, 0) is 36.2 Å². The van der Waals surface area contributed by atoms with Gasteiger partial charge in [0.1, 0.15) is 5.75 Å². The van der Waals surface area contributed by atoms with Gasteiger partial charge < -0.3 is 15.0 Å². The summed E-state index contributed by atoms with van der Waals surface area (Å²) in [4.78, 5) is 26.4. The second-order valence-electron chi connectivity index (χ2n) is 5.93. The molecule has 2 amide bonds. The predicted octanol–water partition coefficient (Wildman–Crippen LogP) is 3.47. The highest BCUT2D eigenvalue weighted by molar-refractivity contribution is 6.35. The zero-order valence-electron chi connectivity index (χ0n) is 14.2. The number of rotatable bonds is 4. The molecule has 1 aliphatic rings. The Balaban J connectivity index is 1.77. The van der Waals surface area contributed by atoms with E-state index < -0.39 is 6.10 Å². The zero-order chi connectivity index (χ0) is 18.7. The first kappa shape index (κ1) is 18.5. The van der Waals surface area contributed by atoms with Gasteiger partial charge in [0.25, 0.3) is 5.91 Å². The molecule has 1 aliphatic heterocycles. The van der Waals surface area contributed by atoms with E-state index in [9.17, 15) is 9.59 Å². The third-order valence-corrected chi connectivity index (χ3v) is 4.82. The summed E-state index contributed by atoms with van der Waals surface area (Å²) in [6.45, 7) is 0.171. The van der Waals surface area contributed by atoms with Crippen LogP contribution in [0.5, 0.6) is 5.75 Å². The number of carbonyl (C=O) groups is 2. The van der Waals surface area contributed by atoms with Crippen LogP contribution >= 0.6 is 23.2 Å². The molecule has 0 fully saturated rings. The molecule has 136 valence electrons. The Bertz CT molecular complexity index is 841. The lowest BCUT2D eigenvalue weighted by atomic mass is 10.1. The summed E-state index contributed by atoms with van der Waals surface area (Å²) in [6, 6.07) is 12.4. The molecule has 1 unspecified atom stereocenters. The third kappa shape index (κ3) is 3.94. The molecule has 1 atom stereocenters. The smallest absolute Gasteiger partial charge is 0.262 e. The van der Waals surface area contributed by atoms with Gasteiger partial charge in [-0.3, -0.25) is 9.59 Å². The number of para-hydroxylation sites is 2. The maximum absolute atomic E-state index is 12.8. The number of ether oxygens (including phenoxy) is 1. The number of nitrogens with zero attached hydrogens (tertiary/aromatic N) is 1. The van der Waals surface area contributed by atoms with Gasteiger partial charge >= 0.3 is 0 Å². The molecule has 1 N–H and O–H groups in total. The van der Waals surface area contributed by atoms with Crippen LogP contribution in [0.3, 0.4) is 0 Å². The van der Waals surface area contributed by atoms with E-state index in [4.69, 9.17) is 27.9 Å². The van der Waals surface area contributed by atoms with Gasteiger partial charge in [-0.2, -0.15) is 0 Å². The van der Waals surface area contributed by atoms with Gasteiger partial charge in [-0.25, -0.2) is 0 Å². The van der Waals surface area contributed by atoms with Crippen molar-refractivity contribution in [2.24, 2.45) is 0 Å². The second kappa shape index (κ2) is 7.98. The largest absolute Gasteiger partial charge is 0.477 e. The summed E-state index contributed by atoms with van der Waals surface area (Å²) in [5.41, 5.74) is 1.52. The van der Waals surface area contributed by atoms with Gasteiger partial charge in [0.05, 0.1) is 12.2 Å². The Kier molecular flexibility index (Phi) is 5.69. The summed E-state index contributed by atoms with van der Waals surface area (Å²) in [7, 11) is 1.54. The number of nitrogens with one attached hydrogen (secondary N) is 1. The highest BCUT2D eigenvalue weighted by Gasteiger charge is 2.33. The van der Waals surface area contributed by atoms with Crippen LogP contribution in [-0.4, -0.2) is 31.5 Å². The van der Waals surface area contributed by atoms with Gasteiger partial charge in [-0.15, -0.1) is 0 Å². The molecule has 2 aromatic rings. The predicted molar refractivity (Wildman–Crippen MR) is 102 cm³/mol. The highest BCUT2D eigenvalue weighted by atomic mass is 35.5. The standard InChI is InChI=1S/C19H18Cl2N2O3/c1-22-19(25)17-11-23(15-4-2-3-5-16(15)26-17)18(24)9-7-12-6-8-13(20)10-14(12)21/h2-6,8,10,17H,7,9,11H2,1H3,(H,22,25). The number of hydrogen-bond donors (Lipinski definition) is 1. The molecule has 0 aliphatic carbocycles. The van der Waals surface area contributed by atoms with Gasteiger partial charge in [0.15, 0.2) is 6.10 Å². The number of halogens is 2. The van der Waals surface area contributed by atoms with Crippen LogP contribution in [-0.2, 0) is 16.0 Å². The normalized spacial score (nSPS) is 15.8. The summed E-state index contributed by atoms with van der Waals surface area (Å²) >= 11 is 12.1. The van der Waals surface area contributed by atoms with Crippen molar-refractivity contribution in [3.8, 4) is 5.75 Å². The molecule has 1 heterocycles. The van der Waals surface area contributed by atoms with Crippen molar-refractivity contribution >= 4 is 40.7 Å². The fourth-order valence-electron chi connectivity index (χ4n) is 2.87. The summed E-state index contributed by atoms with van der Waals surface area (Å²) in [5.74, 6) is 0.156. The monoisotopic (exact) mass is 392 g/mol. The SMILES string of the molecule is CNC(=O)C1CN(C(=O)CCc2ccc(Cl)cc2Cl)c2ccccc2O1. The second-order valence-corrected chi connectivity index (χ2v) is 6.77. The fourth-order valence-corrected chi connectivity index (χ4v) is 3.37. The van der Waals surface area contributed by atoms with Gasteiger partial charge in [-0.1, -0.05) is 41.4 Å². The number of amides is 2. The van der Waals surface area contributed by atoms with Crippen LogP contribution in [0.15, 0.2) is 42.5 Å². The molecule has 0 saturated heterocycles. The minimum absolute atomic E-state index is 0.0966. The van der Waals surface area contributed by atoms with E-state index in [0.717, 1.165) is 5.56 Å². The topological polar surface area (TPSA) is 58.6 Å². The van der Waals surface area contributed by atoms with Gasteiger partial charge in [0.2, 0.25) is 5.91 Å². The van der Waals surface area contributed by atoms with E-state index in [1.165, 1.54) is 0 Å². The number of fused-ring (bicyclic) bond motifs is 1. The van der Waals surface area contributed by atoms with E-state index >= 15 is 0 Å². The minimum atomic E-state index is -0.738. The first-order valence-corrected chi connectivity index (χ1v) is 8.96. The summed E-state index contributed by atoms with van der Waals surface area (Å²) in [6.07, 6.45) is 0.00720. The molecular formula is C19H18Cl2N2O3. The molecule has 0 radical (unpaired) electrons. The molecule has 5 nitrogen and oxygen atoms in total. The van der Waals surface area contributed by atoms with Crippen molar-refractivity contribution in [3.63, 3.8) is 0 Å². The Morgan fingerprint density at radius 2 is 2.00 bits per heavy atom. The minimum Gasteiger partial charge on any atom is -0.477 e. The third-order valence-electron chi connectivity index (χ3n) is 4.24. The van der Waals surface area contributed by atoms with E-state index in [1.807, 2.05) is 18.2 Å². The van der Waals surface area contributed by atoms with Crippen LogP contribution in [0.4, 0.5) is 5.69 Å². The number of carbonyl (C=O) groups excluding carboxylic acids is 2. The lowest BCUT2D eigenvalue weighted by Gasteiger charge is -2.34. The molecule has 7 heteroatoms. The molecule has 3 rings (SSSR count). The van der Waals surface area contributed by atoms with Crippen molar-refractivity contribution in [3.05, 3.63) is 58.1 Å². The number of likely N-dealkylation sites (N-methyl/N-ethyl adjacent to an activating group) is 1. The van der Waals surface area contributed by atoms with Crippen molar-refractivity contribution < 1.29 is 14.3 Å². The van der Waals surface area contributed by atoms with Gasteiger partial charge in [0, 0.05) is 23.5 Å². The number of anilines is 1. The van der Waals surface area contributed by atoms with Crippen LogP contribution < -0.4 is 15.0 Å². The molecule has 2 aromatic carbocycles. The maximum atomic E-state index is 12.8. The highest BCUT2D eigenvalue weighted by Crippen LogP contribution is 2.34.